The molecule has 186 valence electrons. The summed E-state index contributed by atoms with van der Waals surface area (Å²) < 4.78 is 34.7. The molecule has 7 nitrogen and oxygen atoms in total. The van der Waals surface area contributed by atoms with E-state index in [1.807, 2.05) is 56.3 Å². The molecular formula is C27H33N3O4S. The fourth-order valence-electron chi connectivity index (χ4n) is 4.28. The van der Waals surface area contributed by atoms with Crippen LogP contribution in [0.2, 0.25) is 0 Å². The van der Waals surface area contributed by atoms with Gasteiger partial charge in [-0.1, -0.05) is 74.5 Å². The van der Waals surface area contributed by atoms with Crippen LogP contribution in [0.25, 0.3) is 10.8 Å². The standard InChI is InChI=1S/C27H33N3O4S/c1-20(2)26(29-35(32,33)25-13-12-22-10-6-7-11-23(22)16-25)27(31)28-17-24-19-30(14-15-34-24)18-21-8-4-3-5-9-21/h3-13,16,20,24,26,29H,14-15,17-19H2,1-2H3,(H,28,31). The molecule has 1 fully saturated rings. The number of nitrogens with zero attached hydrogens (tertiary/aromatic N) is 1. The van der Waals surface area contributed by atoms with Crippen LogP contribution >= 0.6 is 0 Å². The Hall–Kier alpha value is -2.78. The molecule has 0 radical (unpaired) electrons. The summed E-state index contributed by atoms with van der Waals surface area (Å²) in [6, 6.07) is 21.9. The van der Waals surface area contributed by atoms with E-state index in [-0.39, 0.29) is 22.8 Å². The summed E-state index contributed by atoms with van der Waals surface area (Å²) in [5.74, 6) is -0.583. The molecule has 0 aromatic heterocycles. The van der Waals surface area contributed by atoms with Crippen molar-refractivity contribution in [2.45, 2.75) is 37.4 Å². The predicted octanol–water partition coefficient (Wildman–Crippen LogP) is 3.16. The van der Waals surface area contributed by atoms with Gasteiger partial charge >= 0.3 is 0 Å². The molecule has 35 heavy (non-hydrogen) atoms. The Labute approximate surface area is 207 Å². The van der Waals surface area contributed by atoms with Gasteiger partial charge in [-0.2, -0.15) is 4.72 Å². The maximum atomic E-state index is 13.1. The summed E-state index contributed by atoms with van der Waals surface area (Å²) in [5.41, 5.74) is 1.24. The summed E-state index contributed by atoms with van der Waals surface area (Å²) in [7, 11) is -3.88. The highest BCUT2D eigenvalue weighted by molar-refractivity contribution is 7.89. The smallest absolute Gasteiger partial charge is 0.241 e. The van der Waals surface area contributed by atoms with E-state index >= 15 is 0 Å². The number of benzene rings is 3. The van der Waals surface area contributed by atoms with Crippen molar-refractivity contribution in [3.05, 3.63) is 78.4 Å². The Kier molecular flexibility index (Phi) is 8.18. The zero-order chi connectivity index (χ0) is 24.8. The maximum absolute atomic E-state index is 13.1. The van der Waals surface area contributed by atoms with Crippen molar-refractivity contribution in [1.82, 2.24) is 14.9 Å². The van der Waals surface area contributed by atoms with E-state index in [4.69, 9.17) is 4.74 Å². The van der Waals surface area contributed by atoms with E-state index in [1.54, 1.807) is 18.2 Å². The van der Waals surface area contributed by atoms with Gasteiger partial charge in [0.15, 0.2) is 0 Å². The number of rotatable bonds is 9. The van der Waals surface area contributed by atoms with Crippen LogP contribution in [0.3, 0.4) is 0 Å². The third-order valence-electron chi connectivity index (χ3n) is 6.24. The van der Waals surface area contributed by atoms with Crippen molar-refractivity contribution in [3.8, 4) is 0 Å². The minimum Gasteiger partial charge on any atom is -0.374 e. The number of hydrogen-bond donors (Lipinski definition) is 2. The van der Waals surface area contributed by atoms with Gasteiger partial charge in [-0.15, -0.1) is 0 Å². The summed E-state index contributed by atoms with van der Waals surface area (Å²) in [5, 5.41) is 4.69. The second-order valence-electron chi connectivity index (χ2n) is 9.31. The number of morpholine rings is 1. The van der Waals surface area contributed by atoms with Crippen molar-refractivity contribution in [2.75, 3.05) is 26.2 Å². The van der Waals surface area contributed by atoms with Crippen molar-refractivity contribution >= 4 is 26.7 Å². The SMILES string of the molecule is CC(C)C(NS(=O)(=O)c1ccc2ccccc2c1)C(=O)NCC1CN(Cc2ccccc2)CCO1. The molecule has 1 amide bonds. The third-order valence-corrected chi connectivity index (χ3v) is 7.68. The lowest BCUT2D eigenvalue weighted by Gasteiger charge is -2.33. The van der Waals surface area contributed by atoms with Crippen LogP contribution in [0.1, 0.15) is 19.4 Å². The molecule has 0 aliphatic carbocycles. The van der Waals surface area contributed by atoms with E-state index in [1.165, 1.54) is 5.56 Å². The normalized spacial score (nSPS) is 18.0. The second-order valence-corrected chi connectivity index (χ2v) is 11.0. The molecule has 2 atom stereocenters. The first-order chi connectivity index (χ1) is 16.8. The monoisotopic (exact) mass is 495 g/mol. The third kappa shape index (κ3) is 6.67. The lowest BCUT2D eigenvalue weighted by Crippen LogP contribution is -2.53. The highest BCUT2D eigenvalue weighted by Gasteiger charge is 2.29. The Morgan fingerprint density at radius 3 is 2.49 bits per heavy atom. The quantitative estimate of drug-likeness (QED) is 0.476. The molecule has 1 heterocycles. The van der Waals surface area contributed by atoms with Crippen LogP contribution in [0.5, 0.6) is 0 Å². The summed E-state index contributed by atoms with van der Waals surface area (Å²) in [6.07, 6.45) is -0.152. The number of hydrogen-bond acceptors (Lipinski definition) is 5. The van der Waals surface area contributed by atoms with Crippen molar-refractivity contribution in [3.63, 3.8) is 0 Å². The van der Waals surface area contributed by atoms with Gasteiger partial charge in [-0.05, 0) is 34.4 Å². The van der Waals surface area contributed by atoms with Crippen LogP contribution in [-0.2, 0) is 26.1 Å². The topological polar surface area (TPSA) is 87.7 Å². The zero-order valence-corrected chi connectivity index (χ0v) is 21.0. The minimum absolute atomic E-state index is 0.141. The first-order valence-electron chi connectivity index (χ1n) is 12.0. The number of ether oxygens (including phenoxy) is 1. The lowest BCUT2D eigenvalue weighted by molar-refractivity contribution is -0.124. The first kappa shape index (κ1) is 25.3. The molecule has 1 aliphatic heterocycles. The summed E-state index contributed by atoms with van der Waals surface area (Å²) in [6.45, 7) is 6.93. The van der Waals surface area contributed by atoms with E-state index in [2.05, 4.69) is 27.1 Å². The molecule has 2 N–H and O–H groups in total. The van der Waals surface area contributed by atoms with Gasteiger partial charge in [0.1, 0.15) is 6.04 Å². The summed E-state index contributed by atoms with van der Waals surface area (Å²) in [4.78, 5) is 15.5. The fraction of sp³-hybridized carbons (Fsp3) is 0.370. The maximum Gasteiger partial charge on any atom is 0.241 e. The molecule has 3 aromatic carbocycles. The lowest BCUT2D eigenvalue weighted by atomic mass is 10.0. The van der Waals surface area contributed by atoms with Crippen LogP contribution in [0.15, 0.2) is 77.7 Å². The second kappa shape index (κ2) is 11.3. The molecule has 1 saturated heterocycles. The number of sulfonamides is 1. The Morgan fingerprint density at radius 1 is 1.03 bits per heavy atom. The largest absolute Gasteiger partial charge is 0.374 e. The molecule has 8 heteroatoms. The van der Waals surface area contributed by atoms with Gasteiger partial charge < -0.3 is 10.1 Å². The van der Waals surface area contributed by atoms with E-state index in [9.17, 15) is 13.2 Å². The van der Waals surface area contributed by atoms with Crippen LogP contribution in [0.4, 0.5) is 0 Å². The highest BCUT2D eigenvalue weighted by atomic mass is 32.2. The Bertz CT molecular complexity index is 1250. The predicted molar refractivity (Wildman–Crippen MR) is 137 cm³/mol. The van der Waals surface area contributed by atoms with Gasteiger partial charge in [0.2, 0.25) is 15.9 Å². The van der Waals surface area contributed by atoms with Gasteiger partial charge in [-0.3, -0.25) is 9.69 Å². The molecule has 4 rings (SSSR count). The van der Waals surface area contributed by atoms with Gasteiger partial charge in [-0.25, -0.2) is 8.42 Å². The number of carbonyl (C=O) groups excluding carboxylic acids is 1. The zero-order valence-electron chi connectivity index (χ0n) is 20.2. The number of carbonyl (C=O) groups is 1. The highest BCUT2D eigenvalue weighted by Crippen LogP contribution is 2.20. The van der Waals surface area contributed by atoms with E-state index in [0.29, 0.717) is 19.7 Å². The molecular weight excluding hydrogens is 462 g/mol. The average Bonchev–Trinajstić information content (AvgIpc) is 2.86. The van der Waals surface area contributed by atoms with E-state index < -0.39 is 16.1 Å². The molecule has 2 unspecified atom stereocenters. The molecule has 1 aliphatic rings. The molecule has 0 spiro atoms. The van der Waals surface area contributed by atoms with Gasteiger partial charge in [0.05, 0.1) is 17.6 Å². The fourth-order valence-corrected chi connectivity index (χ4v) is 5.65. The number of nitrogens with one attached hydrogen (secondary N) is 2. The van der Waals surface area contributed by atoms with Crippen LogP contribution < -0.4 is 10.0 Å². The van der Waals surface area contributed by atoms with Crippen molar-refractivity contribution < 1.29 is 17.9 Å². The van der Waals surface area contributed by atoms with E-state index in [0.717, 1.165) is 23.9 Å². The minimum atomic E-state index is -3.88. The van der Waals surface area contributed by atoms with Crippen LogP contribution in [-0.4, -0.2) is 57.6 Å². The van der Waals surface area contributed by atoms with Crippen molar-refractivity contribution in [1.29, 1.82) is 0 Å². The van der Waals surface area contributed by atoms with Gasteiger partial charge in [0.25, 0.3) is 0 Å². The molecule has 0 saturated carbocycles. The van der Waals surface area contributed by atoms with Gasteiger partial charge in [0, 0.05) is 26.2 Å². The molecule has 3 aromatic rings. The van der Waals surface area contributed by atoms with Crippen LogP contribution in [0, 0.1) is 5.92 Å². The molecule has 0 bridgehead atoms. The number of amides is 1. The van der Waals surface area contributed by atoms with Crippen molar-refractivity contribution in [2.24, 2.45) is 5.92 Å². The Morgan fingerprint density at radius 2 is 1.74 bits per heavy atom. The Balaban J connectivity index is 1.36. The first-order valence-corrected chi connectivity index (χ1v) is 13.5. The number of fused-ring (bicyclic) bond motifs is 1. The average molecular weight is 496 g/mol. The summed E-state index contributed by atoms with van der Waals surface area (Å²) >= 11 is 0.